The highest BCUT2D eigenvalue weighted by molar-refractivity contribution is 6.31. The van der Waals surface area contributed by atoms with Gasteiger partial charge in [0.15, 0.2) is 0 Å². The summed E-state index contributed by atoms with van der Waals surface area (Å²) in [6.45, 7) is 14.3. The van der Waals surface area contributed by atoms with Crippen molar-refractivity contribution in [2.75, 3.05) is 0 Å². The maximum absolute atomic E-state index is 5.93. The van der Waals surface area contributed by atoms with Gasteiger partial charge in [0, 0.05) is 5.03 Å². The zero-order chi connectivity index (χ0) is 15.6. The Morgan fingerprint density at radius 2 is 1.81 bits per heavy atom. The van der Waals surface area contributed by atoms with E-state index in [0.29, 0.717) is 5.03 Å². The molecule has 0 nitrogen and oxygen atoms in total. The second-order valence-electron chi connectivity index (χ2n) is 6.25. The second-order valence-corrected chi connectivity index (χ2v) is 6.73. The summed E-state index contributed by atoms with van der Waals surface area (Å²) in [6.07, 6.45) is 3.68. The lowest BCUT2D eigenvalue weighted by atomic mass is 9.82. The highest BCUT2D eigenvalue weighted by Crippen LogP contribution is 2.33. The van der Waals surface area contributed by atoms with Crippen LogP contribution in [0.25, 0.3) is 16.3 Å². The van der Waals surface area contributed by atoms with Gasteiger partial charge in [0.1, 0.15) is 0 Å². The minimum Gasteiger partial charge on any atom is -0.0984 e. The highest BCUT2D eigenvalue weighted by Gasteiger charge is 2.18. The molecule has 2 rings (SSSR count). The SMILES string of the molecule is C=C/C(=C\C(=C)Cl)c1cc(C(C)(C)C)c2ccccc2c1. The standard InChI is InChI=1S/C20H21Cl/c1-6-15(11-14(2)21)17-12-16-9-7-8-10-18(16)19(13-17)20(3,4)5/h6-13H,1-2H2,3-5H3/b15-11+. The first-order chi connectivity index (χ1) is 9.82. The Hall–Kier alpha value is -1.79. The average molecular weight is 297 g/mol. The molecular weight excluding hydrogens is 276 g/mol. The van der Waals surface area contributed by atoms with E-state index in [0.717, 1.165) is 11.1 Å². The van der Waals surface area contributed by atoms with Gasteiger partial charge in [0.05, 0.1) is 0 Å². The first-order valence-corrected chi connectivity index (χ1v) is 7.43. The van der Waals surface area contributed by atoms with Crippen molar-refractivity contribution < 1.29 is 0 Å². The van der Waals surface area contributed by atoms with Gasteiger partial charge in [0.25, 0.3) is 0 Å². The molecule has 0 aromatic heterocycles. The molecule has 1 heteroatoms. The van der Waals surface area contributed by atoms with Crippen molar-refractivity contribution in [3.63, 3.8) is 0 Å². The molecule has 0 saturated carbocycles. The topological polar surface area (TPSA) is 0 Å². The monoisotopic (exact) mass is 296 g/mol. The Kier molecular flexibility index (Phi) is 4.39. The van der Waals surface area contributed by atoms with Gasteiger partial charge in [-0.25, -0.2) is 0 Å². The smallest absolute Gasteiger partial charge is 0.0340 e. The molecule has 0 unspecified atom stereocenters. The van der Waals surface area contributed by atoms with Crippen molar-refractivity contribution in [3.05, 3.63) is 77.9 Å². The third-order valence-electron chi connectivity index (χ3n) is 3.54. The fourth-order valence-electron chi connectivity index (χ4n) is 2.53. The Labute approximate surface area is 132 Å². The second kappa shape index (κ2) is 5.91. The van der Waals surface area contributed by atoms with Crippen LogP contribution in [0, 0.1) is 0 Å². The maximum Gasteiger partial charge on any atom is 0.0340 e. The molecule has 2 aromatic carbocycles. The molecule has 0 amide bonds. The van der Waals surface area contributed by atoms with E-state index in [-0.39, 0.29) is 5.41 Å². The molecule has 0 saturated heterocycles. The number of hydrogen-bond acceptors (Lipinski definition) is 0. The summed E-state index contributed by atoms with van der Waals surface area (Å²) in [7, 11) is 0. The van der Waals surface area contributed by atoms with Crippen LogP contribution in [-0.4, -0.2) is 0 Å². The minimum atomic E-state index is 0.0693. The molecule has 108 valence electrons. The summed E-state index contributed by atoms with van der Waals surface area (Å²) in [4.78, 5) is 0. The largest absolute Gasteiger partial charge is 0.0984 e. The highest BCUT2D eigenvalue weighted by atomic mass is 35.5. The van der Waals surface area contributed by atoms with Crippen molar-refractivity contribution in [2.24, 2.45) is 0 Å². The van der Waals surface area contributed by atoms with Gasteiger partial charge >= 0.3 is 0 Å². The lowest BCUT2D eigenvalue weighted by Gasteiger charge is -2.23. The van der Waals surface area contributed by atoms with Gasteiger partial charge in [-0.15, -0.1) is 0 Å². The lowest BCUT2D eigenvalue weighted by molar-refractivity contribution is 0.596. The van der Waals surface area contributed by atoms with Crippen LogP contribution < -0.4 is 0 Å². The number of fused-ring (bicyclic) bond motifs is 1. The van der Waals surface area contributed by atoms with Gasteiger partial charge < -0.3 is 0 Å². The summed E-state index contributed by atoms with van der Waals surface area (Å²) in [5.41, 5.74) is 3.50. The van der Waals surface area contributed by atoms with Gasteiger partial charge in [-0.2, -0.15) is 0 Å². The molecule has 2 aromatic rings. The van der Waals surface area contributed by atoms with E-state index in [2.05, 4.69) is 70.3 Å². The Morgan fingerprint density at radius 3 is 2.38 bits per heavy atom. The van der Waals surface area contributed by atoms with Crippen LogP contribution in [0.5, 0.6) is 0 Å². The summed E-state index contributed by atoms with van der Waals surface area (Å²) in [6, 6.07) is 12.9. The zero-order valence-corrected chi connectivity index (χ0v) is 13.7. The molecule has 21 heavy (non-hydrogen) atoms. The van der Waals surface area contributed by atoms with Gasteiger partial charge in [-0.1, -0.05) is 75.9 Å². The third-order valence-corrected chi connectivity index (χ3v) is 3.64. The normalized spacial score (nSPS) is 12.5. The summed E-state index contributed by atoms with van der Waals surface area (Å²) in [5.74, 6) is 0. The molecule has 0 N–H and O–H groups in total. The van der Waals surface area contributed by atoms with Crippen molar-refractivity contribution in [3.8, 4) is 0 Å². The molecule has 0 atom stereocenters. The summed E-state index contributed by atoms with van der Waals surface area (Å²) < 4.78 is 0. The van der Waals surface area contributed by atoms with Crippen LogP contribution in [0.15, 0.2) is 66.7 Å². The molecule has 0 aliphatic heterocycles. The van der Waals surface area contributed by atoms with E-state index in [4.69, 9.17) is 11.6 Å². The third kappa shape index (κ3) is 3.46. The van der Waals surface area contributed by atoms with Crippen LogP contribution in [-0.2, 0) is 5.41 Å². The minimum absolute atomic E-state index is 0.0693. The van der Waals surface area contributed by atoms with Gasteiger partial charge in [0.2, 0.25) is 0 Å². The quantitative estimate of drug-likeness (QED) is 0.570. The molecular formula is C20H21Cl. The van der Waals surface area contributed by atoms with Crippen LogP contribution >= 0.6 is 11.6 Å². The maximum atomic E-state index is 5.93. The van der Waals surface area contributed by atoms with E-state index in [9.17, 15) is 0 Å². The Morgan fingerprint density at radius 1 is 1.14 bits per heavy atom. The van der Waals surface area contributed by atoms with Crippen molar-refractivity contribution in [1.82, 2.24) is 0 Å². The van der Waals surface area contributed by atoms with Gasteiger partial charge in [-0.05, 0) is 51.1 Å². The molecule has 0 spiro atoms. The van der Waals surface area contributed by atoms with Crippen LogP contribution in [0.3, 0.4) is 0 Å². The van der Waals surface area contributed by atoms with Crippen LogP contribution in [0.4, 0.5) is 0 Å². The van der Waals surface area contributed by atoms with E-state index in [1.807, 2.05) is 12.2 Å². The molecule has 0 aliphatic carbocycles. The molecule has 0 radical (unpaired) electrons. The number of rotatable bonds is 3. The molecule has 0 aliphatic rings. The summed E-state index contributed by atoms with van der Waals surface area (Å²) >= 11 is 5.93. The van der Waals surface area contributed by atoms with E-state index in [1.165, 1.54) is 16.3 Å². The zero-order valence-electron chi connectivity index (χ0n) is 12.9. The molecule has 0 fully saturated rings. The van der Waals surface area contributed by atoms with E-state index in [1.54, 1.807) is 0 Å². The Balaban J connectivity index is 2.78. The van der Waals surface area contributed by atoms with E-state index >= 15 is 0 Å². The number of halogens is 1. The van der Waals surface area contributed by atoms with Gasteiger partial charge in [-0.3, -0.25) is 0 Å². The Bertz CT molecular complexity index is 727. The van der Waals surface area contributed by atoms with Crippen molar-refractivity contribution in [1.29, 1.82) is 0 Å². The predicted octanol–water partition coefficient (Wildman–Crippen LogP) is 6.46. The first kappa shape index (κ1) is 15.6. The predicted molar refractivity (Wildman–Crippen MR) is 95.8 cm³/mol. The fourth-order valence-corrected chi connectivity index (χ4v) is 2.64. The van der Waals surface area contributed by atoms with Crippen LogP contribution in [0.1, 0.15) is 31.9 Å². The number of hydrogen-bond donors (Lipinski definition) is 0. The van der Waals surface area contributed by atoms with Crippen molar-refractivity contribution in [2.45, 2.75) is 26.2 Å². The average Bonchev–Trinajstić information content (AvgIpc) is 2.42. The van der Waals surface area contributed by atoms with E-state index < -0.39 is 0 Å². The molecule has 0 bridgehead atoms. The molecule has 0 heterocycles. The first-order valence-electron chi connectivity index (χ1n) is 7.05. The fraction of sp³-hybridized carbons (Fsp3) is 0.200. The lowest BCUT2D eigenvalue weighted by Crippen LogP contribution is -2.12. The number of allylic oxidation sites excluding steroid dienone is 4. The summed E-state index contributed by atoms with van der Waals surface area (Å²) in [5, 5.41) is 3.03. The van der Waals surface area contributed by atoms with Crippen LogP contribution in [0.2, 0.25) is 0 Å². The number of benzene rings is 2. The van der Waals surface area contributed by atoms with Crippen molar-refractivity contribution >= 4 is 27.9 Å².